The van der Waals surface area contributed by atoms with Gasteiger partial charge in [-0.2, -0.15) is 10.4 Å². The highest BCUT2D eigenvalue weighted by molar-refractivity contribution is 9.10. The van der Waals surface area contributed by atoms with Gasteiger partial charge < -0.3 is 34.7 Å². The van der Waals surface area contributed by atoms with Crippen molar-refractivity contribution in [1.29, 1.82) is 5.26 Å². The number of hydrazone groups is 1. The van der Waals surface area contributed by atoms with Crippen molar-refractivity contribution in [3.63, 3.8) is 0 Å². The first-order valence-corrected chi connectivity index (χ1v) is 12.6. The van der Waals surface area contributed by atoms with Crippen molar-refractivity contribution in [1.82, 2.24) is 16.1 Å². The maximum absolute atomic E-state index is 12.4. The minimum Gasteiger partial charge on any atom is -0.490 e. The molecule has 0 fully saturated rings. The minimum absolute atomic E-state index is 0.0621. The van der Waals surface area contributed by atoms with E-state index in [0.717, 1.165) is 5.56 Å². The molecule has 12 nitrogen and oxygen atoms in total. The third-order valence-corrected chi connectivity index (χ3v) is 5.98. The van der Waals surface area contributed by atoms with Crippen molar-refractivity contribution in [2.75, 3.05) is 26.9 Å². The number of carbonyl (C=O) groups is 2. The molecule has 1 aliphatic rings. The molecule has 3 rings (SSSR count). The van der Waals surface area contributed by atoms with E-state index in [1.807, 2.05) is 6.07 Å². The molecule has 0 bridgehead atoms. The van der Waals surface area contributed by atoms with Gasteiger partial charge in [0.2, 0.25) is 0 Å². The Kier molecular flexibility index (Phi) is 10.5. The fourth-order valence-corrected chi connectivity index (χ4v) is 4.16. The molecule has 39 heavy (non-hydrogen) atoms. The van der Waals surface area contributed by atoms with Crippen molar-refractivity contribution in [2.45, 2.75) is 26.1 Å². The van der Waals surface area contributed by atoms with E-state index in [0.29, 0.717) is 39.6 Å². The van der Waals surface area contributed by atoms with Crippen LogP contribution >= 0.6 is 15.9 Å². The summed E-state index contributed by atoms with van der Waals surface area (Å²) in [6.07, 6.45) is 0.363. The lowest BCUT2D eigenvalue weighted by molar-refractivity contribution is -0.136. The van der Waals surface area contributed by atoms with Gasteiger partial charge in [0.15, 0.2) is 24.3 Å². The van der Waals surface area contributed by atoms with Gasteiger partial charge >= 0.3 is 12.0 Å². The number of carbonyl (C=O) groups excluding carboxylic acids is 2. The summed E-state index contributed by atoms with van der Waals surface area (Å²) < 4.78 is 22.3. The maximum Gasteiger partial charge on any atom is 0.337 e. The van der Waals surface area contributed by atoms with Crippen LogP contribution in [0.5, 0.6) is 17.2 Å². The van der Waals surface area contributed by atoms with E-state index in [9.17, 15) is 14.7 Å². The van der Waals surface area contributed by atoms with Crippen LogP contribution in [0.1, 0.15) is 31.0 Å². The molecule has 0 aliphatic carbocycles. The third-order valence-electron chi connectivity index (χ3n) is 5.36. The average molecular weight is 602 g/mol. The van der Waals surface area contributed by atoms with E-state index in [-0.39, 0.29) is 18.8 Å². The Morgan fingerprint density at radius 1 is 1.23 bits per heavy atom. The highest BCUT2D eigenvalue weighted by Gasteiger charge is 2.32. The summed E-state index contributed by atoms with van der Waals surface area (Å²) in [5, 5.41) is 28.2. The highest BCUT2D eigenvalue weighted by atomic mass is 79.9. The summed E-state index contributed by atoms with van der Waals surface area (Å²) in [7, 11) is 1.27. The van der Waals surface area contributed by atoms with Crippen molar-refractivity contribution >= 4 is 34.1 Å². The largest absolute Gasteiger partial charge is 0.490 e. The SMILES string of the molecule is CCOc1cc([C@H]2NC(=O)NC(C)=C2C(=O)OC)ccc1OC[C@H](O)N/N=C\c1ccc(OCC#N)c(Br)c1. The summed E-state index contributed by atoms with van der Waals surface area (Å²) in [5.74, 6) is 0.668. The van der Waals surface area contributed by atoms with Crippen LogP contribution in [0.2, 0.25) is 0 Å². The van der Waals surface area contributed by atoms with Gasteiger partial charge in [0.25, 0.3) is 0 Å². The van der Waals surface area contributed by atoms with Crippen LogP contribution in [0.3, 0.4) is 0 Å². The van der Waals surface area contributed by atoms with E-state index < -0.39 is 24.3 Å². The summed E-state index contributed by atoms with van der Waals surface area (Å²) >= 11 is 3.37. The monoisotopic (exact) mass is 601 g/mol. The first kappa shape index (κ1) is 29.3. The molecule has 206 valence electrons. The second-order valence-electron chi connectivity index (χ2n) is 8.05. The topological polar surface area (TPSA) is 164 Å². The normalized spacial score (nSPS) is 15.6. The summed E-state index contributed by atoms with van der Waals surface area (Å²) in [4.78, 5) is 24.5. The van der Waals surface area contributed by atoms with Gasteiger partial charge in [-0.15, -0.1) is 0 Å². The molecule has 0 unspecified atom stereocenters. The van der Waals surface area contributed by atoms with Gasteiger partial charge in [0.05, 0.1) is 36.0 Å². The molecule has 4 N–H and O–H groups in total. The Labute approximate surface area is 233 Å². The zero-order chi connectivity index (χ0) is 28.4. The number of hydrogen-bond acceptors (Lipinski definition) is 10. The number of nitrogens with zero attached hydrogens (tertiary/aromatic N) is 2. The molecule has 0 saturated carbocycles. The molecular formula is C26H28BrN5O7. The Balaban J connectivity index is 1.66. The molecule has 2 atom stereocenters. The van der Waals surface area contributed by atoms with Crippen LogP contribution in [0, 0.1) is 11.3 Å². The number of esters is 1. The summed E-state index contributed by atoms with van der Waals surface area (Å²) in [6, 6.07) is 10.9. The lowest BCUT2D eigenvalue weighted by Crippen LogP contribution is -2.45. The Morgan fingerprint density at radius 3 is 2.69 bits per heavy atom. The third kappa shape index (κ3) is 7.86. The van der Waals surface area contributed by atoms with Gasteiger partial charge in [0, 0.05) is 5.70 Å². The molecular weight excluding hydrogens is 574 g/mol. The van der Waals surface area contributed by atoms with E-state index in [4.69, 9.17) is 24.2 Å². The number of nitrogens with one attached hydrogen (secondary N) is 3. The standard InChI is InChI=1S/C26H28BrN5O7/c1-4-37-21-12-17(24-23(25(34)36-3)15(2)30-26(35)31-24)6-8-20(21)39-14-22(33)32-29-13-16-5-7-19(18(27)11-16)38-10-9-28/h5-8,11-13,22,24,32-33H,4,10,14H2,1-3H3,(H2,30,31,35)/b29-13-/t22-,24+/m0/s1. The zero-order valence-corrected chi connectivity index (χ0v) is 23.1. The van der Waals surface area contributed by atoms with E-state index in [1.54, 1.807) is 50.2 Å². The van der Waals surface area contributed by atoms with Crippen molar-refractivity contribution in [3.05, 3.63) is 63.3 Å². The molecule has 0 saturated heterocycles. The molecule has 0 radical (unpaired) electrons. The fraction of sp³-hybridized carbons (Fsp3) is 0.308. The van der Waals surface area contributed by atoms with E-state index in [1.165, 1.54) is 13.3 Å². The number of urea groups is 1. The number of aliphatic hydroxyl groups is 1. The minimum atomic E-state index is -1.14. The number of rotatable bonds is 12. The van der Waals surface area contributed by atoms with Crippen LogP contribution in [0.4, 0.5) is 4.79 Å². The molecule has 1 aliphatic heterocycles. The van der Waals surface area contributed by atoms with Gasteiger partial charge in [-0.1, -0.05) is 6.07 Å². The first-order chi connectivity index (χ1) is 18.8. The molecule has 2 aromatic rings. The van der Waals surface area contributed by atoms with Gasteiger partial charge in [0.1, 0.15) is 18.4 Å². The Bertz CT molecular complexity index is 1310. The predicted molar refractivity (Wildman–Crippen MR) is 144 cm³/mol. The number of allylic oxidation sites excluding steroid dienone is 1. The molecule has 2 amide bonds. The van der Waals surface area contributed by atoms with Crippen LogP contribution in [-0.2, 0) is 9.53 Å². The van der Waals surface area contributed by atoms with E-state index in [2.05, 4.69) is 37.1 Å². The van der Waals surface area contributed by atoms with Crippen molar-refractivity contribution < 1.29 is 33.6 Å². The highest BCUT2D eigenvalue weighted by Crippen LogP contribution is 2.35. The number of nitriles is 1. The first-order valence-electron chi connectivity index (χ1n) is 11.8. The average Bonchev–Trinajstić information content (AvgIpc) is 2.91. The molecule has 1 heterocycles. The van der Waals surface area contributed by atoms with Gasteiger partial charge in [-0.05, 0) is 71.2 Å². The van der Waals surface area contributed by atoms with Crippen LogP contribution in [0.15, 0.2) is 57.2 Å². The van der Waals surface area contributed by atoms with Gasteiger partial charge in [-0.3, -0.25) is 5.43 Å². The van der Waals surface area contributed by atoms with Crippen LogP contribution < -0.4 is 30.3 Å². The van der Waals surface area contributed by atoms with E-state index >= 15 is 0 Å². The second-order valence-corrected chi connectivity index (χ2v) is 8.91. The number of aliphatic hydroxyl groups excluding tert-OH is 1. The summed E-state index contributed by atoms with van der Waals surface area (Å²) in [6.45, 7) is 3.54. The number of ether oxygens (including phenoxy) is 4. The number of methoxy groups -OCH3 is 1. The lowest BCUT2D eigenvalue weighted by atomic mass is 9.95. The number of benzene rings is 2. The molecule has 13 heteroatoms. The Morgan fingerprint density at radius 2 is 2.00 bits per heavy atom. The van der Waals surface area contributed by atoms with Crippen LogP contribution in [-0.4, -0.2) is 56.5 Å². The second kappa shape index (κ2) is 14.0. The quantitative estimate of drug-likeness (QED) is 0.124. The fourth-order valence-electron chi connectivity index (χ4n) is 3.64. The maximum atomic E-state index is 12.4. The molecule has 0 spiro atoms. The smallest absolute Gasteiger partial charge is 0.337 e. The predicted octanol–water partition coefficient (Wildman–Crippen LogP) is 2.87. The number of halogens is 1. The lowest BCUT2D eigenvalue weighted by Gasteiger charge is -2.28. The molecule has 0 aromatic heterocycles. The number of hydrogen-bond donors (Lipinski definition) is 4. The molecule has 2 aromatic carbocycles. The number of amides is 2. The van der Waals surface area contributed by atoms with Crippen molar-refractivity contribution in [2.24, 2.45) is 5.10 Å². The Hall–Kier alpha value is -4.28. The van der Waals surface area contributed by atoms with Crippen molar-refractivity contribution in [3.8, 4) is 23.3 Å². The zero-order valence-electron chi connectivity index (χ0n) is 21.5. The summed E-state index contributed by atoms with van der Waals surface area (Å²) in [5.41, 5.74) is 4.54. The van der Waals surface area contributed by atoms with Gasteiger partial charge in [-0.25, -0.2) is 9.59 Å². The van der Waals surface area contributed by atoms with Crippen LogP contribution in [0.25, 0.3) is 0 Å².